The predicted molar refractivity (Wildman–Crippen MR) is 94.6 cm³/mol. The zero-order valence-electron chi connectivity index (χ0n) is 13.2. The summed E-state index contributed by atoms with van der Waals surface area (Å²) in [6, 6.07) is 5.15. The van der Waals surface area contributed by atoms with Crippen molar-refractivity contribution >= 4 is 29.1 Å². The van der Waals surface area contributed by atoms with Gasteiger partial charge in [0.25, 0.3) is 5.91 Å². The molecule has 7 heteroatoms. The number of hydrogen-bond acceptors (Lipinski definition) is 4. The van der Waals surface area contributed by atoms with Crippen molar-refractivity contribution in [2.45, 2.75) is 13.3 Å². The van der Waals surface area contributed by atoms with Gasteiger partial charge in [-0.05, 0) is 32.0 Å². The maximum atomic E-state index is 12.6. The minimum atomic E-state index is -0.251. The van der Waals surface area contributed by atoms with Crippen molar-refractivity contribution in [3.8, 4) is 11.3 Å². The lowest BCUT2D eigenvalue weighted by molar-refractivity contribution is 0.0955. The Morgan fingerprint density at radius 3 is 2.79 bits per heavy atom. The molecule has 1 aliphatic rings. The van der Waals surface area contributed by atoms with E-state index in [2.05, 4.69) is 21.9 Å². The number of nitrogens with one attached hydrogen (secondary N) is 2. The Kier molecular flexibility index (Phi) is 5.23. The number of amides is 1. The molecule has 126 valence electrons. The second-order valence-corrected chi connectivity index (χ2v) is 6.37. The monoisotopic (exact) mass is 365 g/mol. The van der Waals surface area contributed by atoms with Gasteiger partial charge >= 0.3 is 0 Å². The van der Waals surface area contributed by atoms with Crippen LogP contribution in [0.5, 0.6) is 0 Å². The van der Waals surface area contributed by atoms with Crippen LogP contribution in [0.3, 0.4) is 0 Å². The van der Waals surface area contributed by atoms with E-state index in [1.807, 2.05) is 0 Å². The van der Waals surface area contributed by atoms with Crippen molar-refractivity contribution in [3.63, 3.8) is 0 Å². The second-order valence-electron chi connectivity index (χ2n) is 5.56. The van der Waals surface area contributed by atoms with Crippen LogP contribution in [0.4, 0.5) is 0 Å². The third-order valence-corrected chi connectivity index (χ3v) is 4.55. The molecule has 0 saturated carbocycles. The number of benzene rings is 1. The number of carbonyl (C=O) groups excluding carboxylic acids is 1. The van der Waals surface area contributed by atoms with Crippen molar-refractivity contribution in [2.24, 2.45) is 0 Å². The van der Waals surface area contributed by atoms with Crippen LogP contribution >= 0.6 is 23.2 Å². The zero-order chi connectivity index (χ0) is 17.1. The summed E-state index contributed by atoms with van der Waals surface area (Å²) in [5.74, 6) is 0.178. The molecule has 1 aromatic heterocycles. The van der Waals surface area contributed by atoms with Gasteiger partial charge in [-0.1, -0.05) is 46.1 Å². The maximum Gasteiger partial charge on any atom is 0.257 e. The molecule has 24 heavy (non-hydrogen) atoms. The van der Waals surface area contributed by atoms with E-state index in [4.69, 9.17) is 27.7 Å². The van der Waals surface area contributed by atoms with Crippen molar-refractivity contribution in [1.82, 2.24) is 15.8 Å². The second kappa shape index (κ2) is 7.38. The summed E-state index contributed by atoms with van der Waals surface area (Å²) in [7, 11) is 0. The van der Waals surface area contributed by atoms with Gasteiger partial charge in [0, 0.05) is 18.7 Å². The molecule has 1 aliphatic heterocycles. The van der Waals surface area contributed by atoms with E-state index in [0.29, 0.717) is 39.2 Å². The molecule has 0 unspecified atom stereocenters. The molecule has 0 fully saturated rings. The highest BCUT2D eigenvalue weighted by Gasteiger charge is 2.24. The van der Waals surface area contributed by atoms with Crippen LogP contribution in [0.1, 0.15) is 22.5 Å². The number of aromatic nitrogens is 1. The SMILES string of the molecule is Cc1onc(-c2c(Cl)cccc2Cl)c1C(=O)NCC1=CCNCC1. The fraction of sp³-hybridized carbons (Fsp3) is 0.294. The zero-order valence-corrected chi connectivity index (χ0v) is 14.7. The van der Waals surface area contributed by atoms with Crippen molar-refractivity contribution in [2.75, 3.05) is 19.6 Å². The van der Waals surface area contributed by atoms with Gasteiger partial charge in [0.2, 0.25) is 0 Å². The van der Waals surface area contributed by atoms with Gasteiger partial charge < -0.3 is 15.2 Å². The topological polar surface area (TPSA) is 67.2 Å². The largest absolute Gasteiger partial charge is 0.360 e. The highest BCUT2D eigenvalue weighted by atomic mass is 35.5. The molecule has 2 aromatic rings. The van der Waals surface area contributed by atoms with E-state index in [1.54, 1.807) is 25.1 Å². The molecule has 5 nitrogen and oxygen atoms in total. The van der Waals surface area contributed by atoms with E-state index in [1.165, 1.54) is 5.57 Å². The van der Waals surface area contributed by atoms with Crippen molar-refractivity contribution < 1.29 is 9.32 Å². The molecule has 0 radical (unpaired) electrons. The van der Waals surface area contributed by atoms with E-state index in [0.717, 1.165) is 19.5 Å². The van der Waals surface area contributed by atoms with Crippen LogP contribution in [0.2, 0.25) is 10.0 Å². The summed E-state index contributed by atoms with van der Waals surface area (Å²) in [4.78, 5) is 12.6. The van der Waals surface area contributed by atoms with Gasteiger partial charge in [0.15, 0.2) is 0 Å². The standard InChI is InChI=1S/C17H17Cl2N3O2/c1-10-14(17(23)21-9-11-5-7-20-8-6-11)16(22-24-10)15-12(18)3-2-4-13(15)19/h2-5,20H,6-9H2,1H3,(H,21,23). The first-order valence-electron chi connectivity index (χ1n) is 7.65. The first-order valence-corrected chi connectivity index (χ1v) is 8.41. The van der Waals surface area contributed by atoms with Crippen molar-refractivity contribution in [3.05, 3.63) is 51.2 Å². The summed E-state index contributed by atoms with van der Waals surface area (Å²) in [6.07, 6.45) is 3.02. The molecule has 0 aliphatic carbocycles. The summed E-state index contributed by atoms with van der Waals surface area (Å²) in [5.41, 5.74) is 2.43. The number of aryl methyl sites for hydroxylation is 1. The van der Waals surface area contributed by atoms with E-state index >= 15 is 0 Å². The first-order chi connectivity index (χ1) is 11.6. The normalized spacial score (nSPS) is 14.4. The van der Waals surface area contributed by atoms with Crippen LogP contribution in [-0.2, 0) is 0 Å². The molecule has 2 N–H and O–H groups in total. The van der Waals surface area contributed by atoms with E-state index < -0.39 is 0 Å². The third kappa shape index (κ3) is 3.48. The Balaban J connectivity index is 1.87. The Labute approximate surface area is 150 Å². The summed E-state index contributed by atoms with van der Waals surface area (Å²) in [5, 5.41) is 11.0. The Hall–Kier alpha value is -1.82. The van der Waals surface area contributed by atoms with Gasteiger partial charge in [-0.3, -0.25) is 4.79 Å². The number of rotatable bonds is 4. The Bertz CT molecular complexity index is 779. The number of halogens is 2. The summed E-state index contributed by atoms with van der Waals surface area (Å²) in [6.45, 7) is 3.95. The first kappa shape index (κ1) is 17.0. The molecule has 0 spiro atoms. The van der Waals surface area contributed by atoms with Crippen LogP contribution in [0.25, 0.3) is 11.3 Å². The molecule has 1 amide bonds. The number of carbonyl (C=O) groups is 1. The molecule has 2 heterocycles. The minimum absolute atomic E-state index is 0.251. The molecule has 3 rings (SSSR count). The summed E-state index contributed by atoms with van der Waals surface area (Å²) < 4.78 is 5.22. The van der Waals surface area contributed by atoms with Gasteiger partial charge in [-0.2, -0.15) is 0 Å². The molecule has 0 atom stereocenters. The molecule has 1 aromatic carbocycles. The minimum Gasteiger partial charge on any atom is -0.360 e. The molecule has 0 bridgehead atoms. The smallest absolute Gasteiger partial charge is 0.257 e. The van der Waals surface area contributed by atoms with E-state index in [-0.39, 0.29) is 5.91 Å². The van der Waals surface area contributed by atoms with Gasteiger partial charge in [-0.25, -0.2) is 0 Å². The maximum absolute atomic E-state index is 12.6. The molecule has 0 saturated heterocycles. The quantitative estimate of drug-likeness (QED) is 0.812. The summed E-state index contributed by atoms with van der Waals surface area (Å²) >= 11 is 12.5. The average molecular weight is 366 g/mol. The van der Waals surface area contributed by atoms with Crippen LogP contribution in [0.15, 0.2) is 34.4 Å². The number of nitrogens with zero attached hydrogens (tertiary/aromatic N) is 1. The Morgan fingerprint density at radius 2 is 2.12 bits per heavy atom. The molecular formula is C17H17Cl2N3O2. The Morgan fingerprint density at radius 1 is 1.38 bits per heavy atom. The van der Waals surface area contributed by atoms with Crippen LogP contribution in [-0.4, -0.2) is 30.7 Å². The predicted octanol–water partition coefficient (Wildman–Crippen LogP) is 3.61. The lowest BCUT2D eigenvalue weighted by Crippen LogP contribution is -2.30. The van der Waals surface area contributed by atoms with Gasteiger partial charge in [0.1, 0.15) is 17.0 Å². The van der Waals surface area contributed by atoms with Crippen molar-refractivity contribution in [1.29, 1.82) is 0 Å². The molecular weight excluding hydrogens is 349 g/mol. The number of hydrogen-bond donors (Lipinski definition) is 2. The van der Waals surface area contributed by atoms with Gasteiger partial charge in [-0.15, -0.1) is 0 Å². The third-order valence-electron chi connectivity index (χ3n) is 3.92. The lowest BCUT2D eigenvalue weighted by atomic mass is 10.0. The van der Waals surface area contributed by atoms with Crippen LogP contribution in [0, 0.1) is 6.92 Å². The average Bonchev–Trinajstić information content (AvgIpc) is 2.95. The lowest BCUT2D eigenvalue weighted by Gasteiger charge is -2.14. The van der Waals surface area contributed by atoms with Gasteiger partial charge in [0.05, 0.1) is 10.0 Å². The van der Waals surface area contributed by atoms with Crippen LogP contribution < -0.4 is 10.6 Å². The van der Waals surface area contributed by atoms with E-state index in [9.17, 15) is 4.79 Å². The fourth-order valence-electron chi connectivity index (χ4n) is 2.65. The fourth-order valence-corrected chi connectivity index (χ4v) is 3.22. The highest BCUT2D eigenvalue weighted by molar-refractivity contribution is 6.39. The highest BCUT2D eigenvalue weighted by Crippen LogP contribution is 2.36.